The number of nitrogens with one attached hydrogen (secondary N) is 2. The Kier molecular flexibility index (Phi) is 17.6. The van der Waals surface area contributed by atoms with Crippen molar-refractivity contribution in [2.45, 2.75) is 0 Å². The van der Waals surface area contributed by atoms with Crippen molar-refractivity contribution in [2.75, 3.05) is 61.8 Å². The monoisotopic (exact) mass is 1290 g/mol. The Morgan fingerprint density at radius 2 is 0.827 bits per heavy atom. The van der Waals surface area contributed by atoms with Gasteiger partial charge in [0.1, 0.15) is 52.1 Å². The molecular formula is C81H61N7O10. The SMILES string of the molecule is COc1ccc(-c2ccc(N(c3ccc(-c4ccc(OC)cc4OC)cc3)c3c4nc(c(-c5c(OC)cccc5OC)c5ccc([nH]5)c(C#Cc5cc(C#N)c(-c6ccc(C(=O)O)cc6)cc5C#N)c5nc(c(-c6c(OC)cccc6OC)c6ccc3[nH]6)C=C5)C=C4)cc2)c(OC)c1. The fraction of sp³-hybridized carbons (Fsp3) is 0.0988. The Bertz CT molecular complexity index is 5200. The number of aromatic amines is 2. The molecular weight excluding hydrogens is 1230 g/mol. The summed E-state index contributed by atoms with van der Waals surface area (Å²) in [5.74, 6) is 10.3. The first-order valence-electron chi connectivity index (χ1n) is 30.8. The average Bonchev–Trinajstić information content (AvgIpc) is 1.56. The Balaban J connectivity index is 1.13. The topological polar surface area (TPSA) is 219 Å². The highest BCUT2D eigenvalue weighted by atomic mass is 16.5. The van der Waals surface area contributed by atoms with Crippen LogP contribution >= 0.6 is 0 Å². The largest absolute Gasteiger partial charge is 0.497 e. The predicted octanol–water partition coefficient (Wildman–Crippen LogP) is 17.4. The van der Waals surface area contributed by atoms with E-state index in [4.69, 9.17) is 47.9 Å². The first-order chi connectivity index (χ1) is 47.9. The maximum Gasteiger partial charge on any atom is 0.335 e. The van der Waals surface area contributed by atoms with Crippen molar-refractivity contribution >= 4 is 69.4 Å². The zero-order valence-electron chi connectivity index (χ0n) is 54.5. The van der Waals surface area contributed by atoms with E-state index < -0.39 is 5.97 Å². The third-order valence-corrected chi connectivity index (χ3v) is 17.2. The van der Waals surface area contributed by atoms with Gasteiger partial charge in [0.15, 0.2) is 0 Å². The first-order valence-corrected chi connectivity index (χ1v) is 30.8. The molecule has 8 bridgehead atoms. The molecule has 5 heterocycles. The molecule has 11 aromatic rings. The van der Waals surface area contributed by atoms with Crippen LogP contribution in [0.3, 0.4) is 0 Å². The lowest BCUT2D eigenvalue weighted by molar-refractivity contribution is 0.0696. The number of H-pyrrole nitrogens is 2. The van der Waals surface area contributed by atoms with E-state index in [1.807, 2.05) is 121 Å². The van der Waals surface area contributed by atoms with E-state index in [-0.39, 0.29) is 22.3 Å². The number of nitriles is 2. The number of aromatic carboxylic acids is 1. The number of ether oxygens (including phenoxy) is 8. The zero-order chi connectivity index (χ0) is 68.1. The number of carbonyl (C=O) groups is 1. The molecule has 3 aromatic heterocycles. The maximum absolute atomic E-state index is 11.8. The quantitative estimate of drug-likeness (QED) is 0.0722. The number of nitrogens with zero attached hydrogens (tertiary/aromatic N) is 5. The van der Waals surface area contributed by atoms with Gasteiger partial charge in [-0.15, -0.1) is 0 Å². The van der Waals surface area contributed by atoms with Crippen LogP contribution in [0, 0.1) is 34.5 Å². The molecule has 0 fully saturated rings. The average molecular weight is 1290 g/mol. The van der Waals surface area contributed by atoms with Crippen LogP contribution in [-0.4, -0.2) is 87.9 Å². The highest BCUT2D eigenvalue weighted by Gasteiger charge is 2.27. The normalized spacial score (nSPS) is 11.2. The third kappa shape index (κ3) is 11.8. The molecule has 17 nitrogen and oxygen atoms in total. The number of carboxylic acid groups (broad SMARTS) is 1. The molecule has 480 valence electrons. The number of methoxy groups -OCH3 is 8. The summed E-state index contributed by atoms with van der Waals surface area (Å²) in [6.07, 6.45) is 7.77. The van der Waals surface area contributed by atoms with Crippen molar-refractivity contribution in [1.29, 1.82) is 10.5 Å². The van der Waals surface area contributed by atoms with Crippen LogP contribution in [0.15, 0.2) is 182 Å². The standard InChI is InChI=1S/C81H61N7O10/c1-91-56-28-31-58(74(43-56)97-7)47-19-24-54(25-20-47)88(55-26-21-48(22-27-55)59-32-29-57(92-2)44-75(59)98-8)80-68-39-37-66(86-68)76(78-70(93-3)11-9-12-71(78)94-4)64-35-33-62(84-64)60(30-23-51-41-53(46-83)61(42-52(51)45-82)49-15-17-50(18-16-49)81(89)90)63-34-36-65(85-63)77(67-38-40-69(80)87-67)79-72(95-5)13-10-14-73(79)96-6/h9-22,24-29,31-44,84,87H,1-8H3,(H,89,90). The summed E-state index contributed by atoms with van der Waals surface area (Å²) in [6, 6.07) is 61.0. The van der Waals surface area contributed by atoms with Gasteiger partial charge in [0.2, 0.25) is 0 Å². The van der Waals surface area contributed by atoms with Crippen molar-refractivity contribution in [2.24, 2.45) is 0 Å². The van der Waals surface area contributed by atoms with Gasteiger partial charge >= 0.3 is 5.97 Å². The first kappa shape index (κ1) is 63.3. The molecule has 0 spiro atoms. The molecule has 0 aliphatic carbocycles. The number of benzene rings is 8. The van der Waals surface area contributed by atoms with Crippen molar-refractivity contribution in [3.8, 4) is 126 Å². The molecule has 3 N–H and O–H groups in total. The highest BCUT2D eigenvalue weighted by Crippen LogP contribution is 2.48. The van der Waals surface area contributed by atoms with Crippen LogP contribution < -0.4 is 42.8 Å². The summed E-state index contributed by atoms with van der Waals surface area (Å²) in [5, 5.41) is 30.9. The minimum absolute atomic E-state index is 0.0817. The molecule has 0 atom stereocenters. The second-order valence-electron chi connectivity index (χ2n) is 22.4. The fourth-order valence-corrected chi connectivity index (χ4v) is 12.4. The predicted molar refractivity (Wildman–Crippen MR) is 382 cm³/mol. The number of hydrogen-bond acceptors (Lipinski definition) is 14. The van der Waals surface area contributed by atoms with Crippen molar-refractivity contribution in [3.63, 3.8) is 0 Å². The lowest BCUT2D eigenvalue weighted by Gasteiger charge is -2.27. The highest BCUT2D eigenvalue weighted by molar-refractivity contribution is 6.02. The molecule has 98 heavy (non-hydrogen) atoms. The van der Waals surface area contributed by atoms with Crippen LogP contribution in [0.5, 0.6) is 46.0 Å². The smallest absolute Gasteiger partial charge is 0.335 e. The van der Waals surface area contributed by atoms with Gasteiger partial charge in [0, 0.05) is 67.9 Å². The van der Waals surface area contributed by atoms with Gasteiger partial charge < -0.3 is 57.9 Å². The summed E-state index contributed by atoms with van der Waals surface area (Å²) in [7, 11) is 13.0. The van der Waals surface area contributed by atoms with E-state index in [0.717, 1.165) is 33.6 Å². The van der Waals surface area contributed by atoms with Gasteiger partial charge in [0.25, 0.3) is 0 Å². The van der Waals surface area contributed by atoms with E-state index >= 15 is 0 Å². The maximum atomic E-state index is 11.8. The Labute approximate surface area is 564 Å². The van der Waals surface area contributed by atoms with Crippen LogP contribution in [0.4, 0.5) is 17.1 Å². The van der Waals surface area contributed by atoms with Gasteiger partial charge in [-0.05, 0) is 162 Å². The number of carboxylic acids is 1. The van der Waals surface area contributed by atoms with E-state index in [9.17, 15) is 20.4 Å². The van der Waals surface area contributed by atoms with Gasteiger partial charge in [-0.25, -0.2) is 14.8 Å². The number of aromatic nitrogens is 4. The summed E-state index contributed by atoms with van der Waals surface area (Å²) < 4.78 is 47.7. The van der Waals surface area contributed by atoms with Crippen LogP contribution in [-0.2, 0) is 0 Å². The summed E-state index contributed by atoms with van der Waals surface area (Å²) in [6.45, 7) is 0. The number of anilines is 3. The number of hydrogen-bond donors (Lipinski definition) is 3. The summed E-state index contributed by atoms with van der Waals surface area (Å²) >= 11 is 0. The lowest BCUT2D eigenvalue weighted by Crippen LogP contribution is -2.12. The lowest BCUT2D eigenvalue weighted by atomic mass is 9.94. The van der Waals surface area contributed by atoms with Gasteiger partial charge in [0.05, 0.1) is 136 Å². The van der Waals surface area contributed by atoms with Crippen molar-refractivity contribution in [1.82, 2.24) is 19.9 Å². The molecule has 8 aromatic carbocycles. The molecule has 2 aliphatic rings. The third-order valence-electron chi connectivity index (χ3n) is 17.2. The number of rotatable bonds is 17. The Morgan fingerprint density at radius 1 is 0.398 bits per heavy atom. The Morgan fingerprint density at radius 3 is 1.30 bits per heavy atom. The Hall–Kier alpha value is -13.4. The molecule has 0 radical (unpaired) electrons. The van der Waals surface area contributed by atoms with Crippen molar-refractivity contribution < 1.29 is 47.8 Å². The van der Waals surface area contributed by atoms with E-state index in [0.29, 0.717) is 135 Å². The molecule has 0 unspecified atom stereocenters. The number of fused-ring (bicyclic) bond motifs is 8. The molecule has 2 aliphatic heterocycles. The summed E-state index contributed by atoms with van der Waals surface area (Å²) in [5.41, 5.74) is 15.0. The molecule has 17 heteroatoms. The van der Waals surface area contributed by atoms with Crippen LogP contribution in [0.2, 0.25) is 0 Å². The van der Waals surface area contributed by atoms with Gasteiger partial charge in [-0.3, -0.25) is 0 Å². The summed E-state index contributed by atoms with van der Waals surface area (Å²) in [4.78, 5) is 32.7. The van der Waals surface area contributed by atoms with Crippen LogP contribution in [0.1, 0.15) is 55.4 Å². The second-order valence-corrected chi connectivity index (χ2v) is 22.4. The van der Waals surface area contributed by atoms with Crippen molar-refractivity contribution in [3.05, 3.63) is 233 Å². The van der Waals surface area contributed by atoms with Gasteiger partial charge in [-0.1, -0.05) is 60.4 Å². The minimum Gasteiger partial charge on any atom is -0.497 e. The van der Waals surface area contributed by atoms with E-state index in [2.05, 4.69) is 87.4 Å². The van der Waals surface area contributed by atoms with E-state index in [1.165, 1.54) is 12.1 Å². The van der Waals surface area contributed by atoms with Crippen LogP contribution in [0.25, 0.3) is 102 Å². The fourth-order valence-electron chi connectivity index (χ4n) is 12.4. The molecule has 13 rings (SSSR count). The second kappa shape index (κ2) is 27.3. The minimum atomic E-state index is -1.09. The molecule has 0 saturated heterocycles. The molecule has 0 amide bonds. The van der Waals surface area contributed by atoms with Gasteiger partial charge in [-0.2, -0.15) is 10.5 Å². The van der Waals surface area contributed by atoms with E-state index in [1.54, 1.807) is 81.1 Å². The zero-order valence-corrected chi connectivity index (χ0v) is 54.5. The molecule has 0 saturated carbocycles.